The number of aryl methyl sites for hydroxylation is 2. The molecule has 7 nitrogen and oxygen atoms in total. The molecule has 146 valence electrons. The number of nitrogens with zero attached hydrogens (tertiary/aromatic N) is 3. The molecule has 0 saturated carbocycles. The van der Waals surface area contributed by atoms with E-state index >= 15 is 0 Å². The van der Waals surface area contributed by atoms with Gasteiger partial charge in [0, 0.05) is 37.1 Å². The number of phenolic OH excluding ortho intramolecular Hbond substituents is 1. The van der Waals surface area contributed by atoms with Gasteiger partial charge < -0.3 is 25.2 Å². The highest BCUT2D eigenvalue weighted by atomic mass is 16.5. The van der Waals surface area contributed by atoms with Crippen LogP contribution in [-0.2, 0) is 0 Å². The fraction of sp³-hybridized carbons (Fsp3) is 0.500. The lowest BCUT2D eigenvalue weighted by molar-refractivity contribution is 0.102. The van der Waals surface area contributed by atoms with Crippen LogP contribution in [0.5, 0.6) is 11.5 Å². The first kappa shape index (κ1) is 19.4. The first-order valence-electron chi connectivity index (χ1n) is 9.40. The summed E-state index contributed by atoms with van der Waals surface area (Å²) in [4.78, 5) is 11.3. The Morgan fingerprint density at radius 1 is 1.15 bits per heavy atom. The maximum absolute atomic E-state index is 10.1. The van der Waals surface area contributed by atoms with Crippen LogP contribution in [0.15, 0.2) is 30.3 Å². The Hall–Kier alpha value is -2.38. The highest BCUT2D eigenvalue weighted by molar-refractivity contribution is 5.33. The predicted molar refractivity (Wildman–Crippen MR) is 104 cm³/mol. The molecule has 2 heterocycles. The second-order valence-corrected chi connectivity index (χ2v) is 7.08. The van der Waals surface area contributed by atoms with Crippen molar-refractivity contribution in [1.82, 2.24) is 15.3 Å². The standard InChI is InChI=1S/C20H28N4O3/c1-14-11-15(2)23-20(22-14)24-9-7-16(8-10-24)21-12-18(26)13-27-19-5-3-17(25)4-6-19/h3-6,11,16,18,21,25-26H,7-10,12-13H2,1-2H3. The van der Waals surface area contributed by atoms with Gasteiger partial charge in [-0.3, -0.25) is 0 Å². The number of rotatable bonds is 7. The Bertz CT molecular complexity index is 710. The van der Waals surface area contributed by atoms with Gasteiger partial charge in [0.25, 0.3) is 0 Å². The monoisotopic (exact) mass is 372 g/mol. The van der Waals surface area contributed by atoms with E-state index in [2.05, 4.69) is 20.2 Å². The fourth-order valence-corrected chi connectivity index (χ4v) is 3.23. The maximum atomic E-state index is 10.1. The van der Waals surface area contributed by atoms with Gasteiger partial charge in [0.15, 0.2) is 0 Å². The fourth-order valence-electron chi connectivity index (χ4n) is 3.23. The Balaban J connectivity index is 1.38. The van der Waals surface area contributed by atoms with Crippen molar-refractivity contribution in [2.24, 2.45) is 0 Å². The van der Waals surface area contributed by atoms with Crippen LogP contribution in [0.2, 0.25) is 0 Å². The number of nitrogens with one attached hydrogen (secondary N) is 1. The van der Waals surface area contributed by atoms with Crippen molar-refractivity contribution in [2.75, 3.05) is 31.1 Å². The first-order valence-corrected chi connectivity index (χ1v) is 9.40. The molecule has 1 aliphatic heterocycles. The van der Waals surface area contributed by atoms with Crippen molar-refractivity contribution >= 4 is 5.95 Å². The van der Waals surface area contributed by atoms with Gasteiger partial charge in [-0.2, -0.15) is 0 Å². The van der Waals surface area contributed by atoms with E-state index in [4.69, 9.17) is 4.74 Å². The topological polar surface area (TPSA) is 90.7 Å². The molecule has 0 spiro atoms. The van der Waals surface area contributed by atoms with Gasteiger partial charge in [-0.25, -0.2) is 9.97 Å². The van der Waals surface area contributed by atoms with E-state index in [-0.39, 0.29) is 12.4 Å². The number of phenols is 1. The Morgan fingerprint density at radius 3 is 2.41 bits per heavy atom. The van der Waals surface area contributed by atoms with Crippen LogP contribution in [0, 0.1) is 13.8 Å². The third-order valence-corrected chi connectivity index (χ3v) is 4.67. The van der Waals surface area contributed by atoms with Crippen molar-refractivity contribution < 1.29 is 14.9 Å². The SMILES string of the molecule is Cc1cc(C)nc(N2CCC(NCC(O)COc3ccc(O)cc3)CC2)n1. The van der Waals surface area contributed by atoms with Gasteiger partial charge in [-0.15, -0.1) is 0 Å². The number of aromatic nitrogens is 2. The molecule has 7 heteroatoms. The molecule has 1 unspecified atom stereocenters. The summed E-state index contributed by atoms with van der Waals surface area (Å²) in [5.74, 6) is 1.64. The zero-order chi connectivity index (χ0) is 19.2. The quantitative estimate of drug-likeness (QED) is 0.683. The molecule has 0 amide bonds. The molecule has 0 radical (unpaired) electrons. The second kappa shape index (κ2) is 9.01. The summed E-state index contributed by atoms with van der Waals surface area (Å²) < 4.78 is 5.53. The minimum atomic E-state index is -0.584. The molecule has 1 aliphatic rings. The lowest BCUT2D eigenvalue weighted by Gasteiger charge is -2.33. The van der Waals surface area contributed by atoms with Crippen LogP contribution in [0.25, 0.3) is 0 Å². The van der Waals surface area contributed by atoms with Crippen LogP contribution in [0.1, 0.15) is 24.2 Å². The zero-order valence-electron chi connectivity index (χ0n) is 15.9. The molecule has 1 fully saturated rings. The number of piperidine rings is 1. The molecule has 3 N–H and O–H groups in total. The summed E-state index contributed by atoms with van der Waals surface area (Å²) >= 11 is 0. The van der Waals surface area contributed by atoms with Crippen molar-refractivity contribution in [3.8, 4) is 11.5 Å². The van der Waals surface area contributed by atoms with E-state index in [1.807, 2.05) is 19.9 Å². The van der Waals surface area contributed by atoms with Crippen LogP contribution in [0.3, 0.4) is 0 Å². The highest BCUT2D eigenvalue weighted by Crippen LogP contribution is 2.18. The number of aromatic hydroxyl groups is 1. The van der Waals surface area contributed by atoms with Gasteiger partial charge in [0.2, 0.25) is 5.95 Å². The summed E-state index contributed by atoms with van der Waals surface area (Å²) in [5.41, 5.74) is 1.99. The van der Waals surface area contributed by atoms with E-state index < -0.39 is 6.10 Å². The van der Waals surface area contributed by atoms with E-state index in [0.717, 1.165) is 43.3 Å². The Labute approximate surface area is 160 Å². The lowest BCUT2D eigenvalue weighted by atomic mass is 10.1. The molecular weight excluding hydrogens is 344 g/mol. The van der Waals surface area contributed by atoms with Gasteiger partial charge in [0.1, 0.15) is 24.2 Å². The van der Waals surface area contributed by atoms with Gasteiger partial charge in [0.05, 0.1) is 0 Å². The number of aliphatic hydroxyl groups excluding tert-OH is 1. The summed E-state index contributed by atoms with van der Waals surface area (Å²) in [7, 11) is 0. The number of ether oxygens (including phenoxy) is 1. The summed E-state index contributed by atoms with van der Waals surface area (Å²) in [6.07, 6.45) is 1.39. The molecule has 27 heavy (non-hydrogen) atoms. The summed E-state index contributed by atoms with van der Waals surface area (Å²) in [6, 6.07) is 8.84. The van der Waals surface area contributed by atoms with E-state index in [9.17, 15) is 10.2 Å². The first-order chi connectivity index (χ1) is 13.0. The zero-order valence-corrected chi connectivity index (χ0v) is 15.9. The van der Waals surface area contributed by atoms with Crippen LogP contribution < -0.4 is 15.0 Å². The molecule has 1 saturated heterocycles. The molecule has 1 aromatic heterocycles. The minimum Gasteiger partial charge on any atom is -0.508 e. The van der Waals surface area contributed by atoms with Gasteiger partial charge in [-0.1, -0.05) is 0 Å². The highest BCUT2D eigenvalue weighted by Gasteiger charge is 2.21. The largest absolute Gasteiger partial charge is 0.508 e. The molecular formula is C20H28N4O3. The molecule has 1 atom stereocenters. The second-order valence-electron chi connectivity index (χ2n) is 7.08. The molecule has 2 aromatic rings. The number of benzene rings is 1. The summed E-state index contributed by atoms with van der Waals surface area (Å²) in [6.45, 7) is 6.50. The molecule has 3 rings (SSSR count). The smallest absolute Gasteiger partial charge is 0.225 e. The predicted octanol–water partition coefficient (Wildman–Crippen LogP) is 1.80. The van der Waals surface area contributed by atoms with E-state index in [1.54, 1.807) is 24.3 Å². The number of anilines is 1. The van der Waals surface area contributed by atoms with E-state index in [0.29, 0.717) is 18.3 Å². The van der Waals surface area contributed by atoms with Crippen molar-refractivity contribution in [3.63, 3.8) is 0 Å². The third-order valence-electron chi connectivity index (χ3n) is 4.67. The molecule has 1 aromatic carbocycles. The normalized spacial score (nSPS) is 16.3. The average molecular weight is 372 g/mol. The lowest BCUT2D eigenvalue weighted by Crippen LogP contribution is -2.45. The number of aliphatic hydroxyl groups is 1. The Morgan fingerprint density at radius 2 is 1.78 bits per heavy atom. The van der Waals surface area contributed by atoms with Crippen LogP contribution in [0.4, 0.5) is 5.95 Å². The van der Waals surface area contributed by atoms with Crippen LogP contribution >= 0.6 is 0 Å². The molecule has 0 aliphatic carbocycles. The van der Waals surface area contributed by atoms with Crippen molar-refractivity contribution in [2.45, 2.75) is 38.8 Å². The Kier molecular flexibility index (Phi) is 6.47. The summed E-state index contributed by atoms with van der Waals surface area (Å²) in [5, 5.41) is 22.8. The number of hydrogen-bond acceptors (Lipinski definition) is 7. The third kappa shape index (κ3) is 5.80. The van der Waals surface area contributed by atoms with Crippen molar-refractivity contribution in [3.05, 3.63) is 41.7 Å². The minimum absolute atomic E-state index is 0.196. The van der Waals surface area contributed by atoms with Gasteiger partial charge in [-0.05, 0) is 57.0 Å². The molecule has 0 bridgehead atoms. The van der Waals surface area contributed by atoms with Crippen molar-refractivity contribution in [1.29, 1.82) is 0 Å². The van der Waals surface area contributed by atoms with Crippen LogP contribution in [-0.4, -0.2) is 58.6 Å². The average Bonchev–Trinajstić information content (AvgIpc) is 2.65. The maximum Gasteiger partial charge on any atom is 0.225 e. The van der Waals surface area contributed by atoms with E-state index in [1.165, 1.54) is 0 Å². The number of hydrogen-bond donors (Lipinski definition) is 3. The van der Waals surface area contributed by atoms with Gasteiger partial charge >= 0.3 is 0 Å².